The first-order valence-electron chi connectivity index (χ1n) is 6.11. The zero-order chi connectivity index (χ0) is 13.2. The van der Waals surface area contributed by atoms with E-state index in [1.165, 1.54) is 6.07 Å². The second kappa shape index (κ2) is 4.85. The van der Waals surface area contributed by atoms with Gasteiger partial charge in [0.2, 0.25) is 0 Å². The molecule has 2 aromatic rings. The van der Waals surface area contributed by atoms with Gasteiger partial charge in [-0.2, -0.15) is 0 Å². The molecule has 1 saturated heterocycles. The Balaban J connectivity index is 2.06. The van der Waals surface area contributed by atoms with Gasteiger partial charge >= 0.3 is 5.97 Å². The van der Waals surface area contributed by atoms with Crippen LogP contribution in [0.25, 0.3) is 10.9 Å². The summed E-state index contributed by atoms with van der Waals surface area (Å²) in [6, 6.07) is 8.83. The maximum Gasteiger partial charge on any atom is 0.354 e. The van der Waals surface area contributed by atoms with Gasteiger partial charge in [-0.25, -0.2) is 9.78 Å². The van der Waals surface area contributed by atoms with Crippen LogP contribution < -0.4 is 4.74 Å². The minimum absolute atomic E-state index is 0.00684. The molecule has 1 aliphatic heterocycles. The third-order valence-electron chi connectivity index (χ3n) is 3.08. The fourth-order valence-corrected chi connectivity index (χ4v) is 2.14. The number of pyridine rings is 1. The Hall–Kier alpha value is -2.14. The number of rotatable bonds is 3. The Kier molecular flexibility index (Phi) is 3.05. The number of aromatic nitrogens is 1. The zero-order valence-corrected chi connectivity index (χ0v) is 10.2. The van der Waals surface area contributed by atoms with E-state index in [-0.39, 0.29) is 11.8 Å². The number of aromatic carboxylic acids is 1. The molecule has 0 spiro atoms. The lowest BCUT2D eigenvalue weighted by Crippen LogP contribution is -2.16. The highest BCUT2D eigenvalue weighted by molar-refractivity contribution is 5.93. The van der Waals surface area contributed by atoms with Crippen molar-refractivity contribution in [2.75, 3.05) is 13.2 Å². The quantitative estimate of drug-likeness (QED) is 0.914. The first kappa shape index (κ1) is 11.9. The van der Waals surface area contributed by atoms with E-state index in [0.717, 1.165) is 11.8 Å². The van der Waals surface area contributed by atoms with Crippen LogP contribution >= 0.6 is 0 Å². The topological polar surface area (TPSA) is 68.7 Å². The summed E-state index contributed by atoms with van der Waals surface area (Å²) in [4.78, 5) is 15.2. The van der Waals surface area contributed by atoms with Crippen molar-refractivity contribution in [2.24, 2.45) is 0 Å². The fraction of sp³-hybridized carbons (Fsp3) is 0.286. The molecule has 1 aliphatic rings. The summed E-state index contributed by atoms with van der Waals surface area (Å²) in [5.41, 5.74) is 0.615. The molecule has 1 N–H and O–H groups in total. The molecule has 19 heavy (non-hydrogen) atoms. The highest BCUT2D eigenvalue weighted by Crippen LogP contribution is 2.27. The van der Waals surface area contributed by atoms with E-state index in [4.69, 9.17) is 14.6 Å². The SMILES string of the molecule is O=C(O)c1cc(O[C@@H]2CCOC2)c2ccccc2n1. The van der Waals surface area contributed by atoms with Crippen molar-refractivity contribution in [3.63, 3.8) is 0 Å². The molecule has 2 heterocycles. The standard InChI is InChI=1S/C14H13NO4/c16-14(17)12-7-13(19-9-5-6-18-8-9)10-3-1-2-4-11(10)15-12/h1-4,7,9H,5-6,8H2,(H,16,17)/t9-/m1/s1. The maximum absolute atomic E-state index is 11.1. The minimum atomic E-state index is -1.06. The average Bonchev–Trinajstić information content (AvgIpc) is 2.91. The summed E-state index contributed by atoms with van der Waals surface area (Å²) >= 11 is 0. The largest absolute Gasteiger partial charge is 0.487 e. The van der Waals surface area contributed by atoms with Gasteiger partial charge in [0.05, 0.1) is 18.7 Å². The molecule has 1 aromatic carbocycles. The summed E-state index contributed by atoms with van der Waals surface area (Å²) < 4.78 is 11.1. The Bertz CT molecular complexity index is 620. The molecule has 0 bridgehead atoms. The molecular weight excluding hydrogens is 246 g/mol. The third-order valence-corrected chi connectivity index (χ3v) is 3.08. The van der Waals surface area contributed by atoms with Crippen LogP contribution in [-0.2, 0) is 4.74 Å². The van der Waals surface area contributed by atoms with E-state index in [0.29, 0.717) is 24.5 Å². The smallest absolute Gasteiger partial charge is 0.354 e. The van der Waals surface area contributed by atoms with Crippen molar-refractivity contribution in [1.29, 1.82) is 0 Å². The summed E-state index contributed by atoms with van der Waals surface area (Å²) in [5, 5.41) is 9.91. The van der Waals surface area contributed by atoms with E-state index in [9.17, 15) is 4.79 Å². The van der Waals surface area contributed by atoms with Gasteiger partial charge in [-0.3, -0.25) is 0 Å². The van der Waals surface area contributed by atoms with Crippen LogP contribution in [-0.4, -0.2) is 35.4 Å². The fourth-order valence-electron chi connectivity index (χ4n) is 2.14. The molecule has 0 saturated carbocycles. The van der Waals surface area contributed by atoms with Crippen LogP contribution in [0.4, 0.5) is 0 Å². The molecule has 0 unspecified atom stereocenters. The van der Waals surface area contributed by atoms with Gasteiger partial charge in [-0.05, 0) is 12.1 Å². The second-order valence-corrected chi connectivity index (χ2v) is 4.43. The lowest BCUT2D eigenvalue weighted by molar-refractivity contribution is 0.0690. The predicted octanol–water partition coefficient (Wildman–Crippen LogP) is 2.10. The lowest BCUT2D eigenvalue weighted by Gasteiger charge is -2.14. The normalized spacial score (nSPS) is 18.6. The minimum Gasteiger partial charge on any atom is -0.487 e. The summed E-state index contributed by atoms with van der Waals surface area (Å²) in [6.45, 7) is 1.22. The molecule has 0 aliphatic carbocycles. The van der Waals surface area contributed by atoms with Crippen molar-refractivity contribution >= 4 is 16.9 Å². The number of ether oxygens (including phenoxy) is 2. The Morgan fingerprint density at radius 3 is 3.00 bits per heavy atom. The van der Waals surface area contributed by atoms with Crippen molar-refractivity contribution in [3.05, 3.63) is 36.0 Å². The number of nitrogens with zero attached hydrogens (tertiary/aromatic N) is 1. The number of carboxylic acid groups (broad SMARTS) is 1. The van der Waals surface area contributed by atoms with Gasteiger partial charge in [0.25, 0.3) is 0 Å². The maximum atomic E-state index is 11.1. The summed E-state index contributed by atoms with van der Waals surface area (Å²) in [5.74, 6) is -0.503. The van der Waals surface area contributed by atoms with Gasteiger partial charge in [-0.1, -0.05) is 12.1 Å². The van der Waals surface area contributed by atoms with E-state index in [1.807, 2.05) is 18.2 Å². The van der Waals surface area contributed by atoms with Gasteiger partial charge in [0.1, 0.15) is 11.9 Å². The van der Waals surface area contributed by atoms with Crippen LogP contribution in [0.1, 0.15) is 16.9 Å². The summed E-state index contributed by atoms with van der Waals surface area (Å²) in [7, 11) is 0. The lowest BCUT2D eigenvalue weighted by atomic mass is 10.1. The van der Waals surface area contributed by atoms with E-state index in [1.54, 1.807) is 6.07 Å². The highest BCUT2D eigenvalue weighted by atomic mass is 16.5. The van der Waals surface area contributed by atoms with Crippen LogP contribution in [0.5, 0.6) is 5.75 Å². The Morgan fingerprint density at radius 2 is 2.26 bits per heavy atom. The van der Waals surface area contributed by atoms with E-state index < -0.39 is 5.97 Å². The van der Waals surface area contributed by atoms with Crippen molar-refractivity contribution in [3.8, 4) is 5.75 Å². The summed E-state index contributed by atoms with van der Waals surface area (Å²) in [6.07, 6.45) is 0.798. The number of hydrogen-bond acceptors (Lipinski definition) is 4. The highest BCUT2D eigenvalue weighted by Gasteiger charge is 2.19. The second-order valence-electron chi connectivity index (χ2n) is 4.43. The van der Waals surface area contributed by atoms with Crippen molar-refractivity contribution in [1.82, 2.24) is 4.98 Å². The molecule has 98 valence electrons. The molecule has 1 fully saturated rings. The number of carbonyl (C=O) groups is 1. The number of benzene rings is 1. The number of hydrogen-bond donors (Lipinski definition) is 1. The molecule has 5 nitrogen and oxygen atoms in total. The number of fused-ring (bicyclic) bond motifs is 1. The van der Waals surface area contributed by atoms with E-state index >= 15 is 0 Å². The molecule has 1 atom stereocenters. The Labute approximate surface area is 109 Å². The van der Waals surface area contributed by atoms with Crippen molar-refractivity contribution in [2.45, 2.75) is 12.5 Å². The number of carboxylic acids is 1. The van der Waals surface area contributed by atoms with Gasteiger partial charge in [-0.15, -0.1) is 0 Å². The van der Waals surface area contributed by atoms with Crippen LogP contribution in [0.15, 0.2) is 30.3 Å². The first-order valence-corrected chi connectivity index (χ1v) is 6.11. The first-order chi connectivity index (χ1) is 9.24. The molecular formula is C14H13NO4. The molecule has 0 amide bonds. The molecule has 3 rings (SSSR count). The number of para-hydroxylation sites is 1. The van der Waals surface area contributed by atoms with Crippen LogP contribution in [0.3, 0.4) is 0 Å². The molecule has 1 aromatic heterocycles. The van der Waals surface area contributed by atoms with Crippen LogP contribution in [0.2, 0.25) is 0 Å². The average molecular weight is 259 g/mol. The van der Waals surface area contributed by atoms with Gasteiger partial charge in [0.15, 0.2) is 5.69 Å². The van der Waals surface area contributed by atoms with Crippen LogP contribution in [0, 0.1) is 0 Å². The van der Waals surface area contributed by atoms with Gasteiger partial charge in [0, 0.05) is 17.9 Å². The monoisotopic (exact) mass is 259 g/mol. The van der Waals surface area contributed by atoms with E-state index in [2.05, 4.69) is 4.98 Å². The zero-order valence-electron chi connectivity index (χ0n) is 10.2. The Morgan fingerprint density at radius 1 is 1.42 bits per heavy atom. The predicted molar refractivity (Wildman–Crippen MR) is 68.6 cm³/mol. The van der Waals surface area contributed by atoms with Gasteiger partial charge < -0.3 is 14.6 Å². The third kappa shape index (κ3) is 2.37. The molecule has 0 radical (unpaired) electrons. The molecule has 5 heteroatoms. The van der Waals surface area contributed by atoms with Crippen molar-refractivity contribution < 1.29 is 19.4 Å².